The quantitative estimate of drug-likeness (QED) is 0.691. The zero-order chi connectivity index (χ0) is 15.7. The van der Waals surface area contributed by atoms with Crippen molar-refractivity contribution in [3.63, 3.8) is 0 Å². The highest BCUT2D eigenvalue weighted by Crippen LogP contribution is 2.15. The van der Waals surface area contributed by atoms with Gasteiger partial charge >= 0.3 is 0 Å². The normalized spacial score (nSPS) is 10.8. The Balaban J connectivity index is 2.90. The first-order valence-corrected chi connectivity index (χ1v) is 8.17. The maximum absolute atomic E-state index is 4.55. The molecule has 6 heteroatoms. The average molecular weight is 294 g/mol. The van der Waals surface area contributed by atoms with Crippen molar-refractivity contribution >= 4 is 17.8 Å². The molecule has 6 nitrogen and oxygen atoms in total. The van der Waals surface area contributed by atoms with Gasteiger partial charge in [-0.05, 0) is 26.7 Å². The van der Waals surface area contributed by atoms with E-state index < -0.39 is 0 Å². The van der Waals surface area contributed by atoms with E-state index >= 15 is 0 Å². The summed E-state index contributed by atoms with van der Waals surface area (Å²) < 4.78 is 0. The molecular formula is C15H30N6. The Morgan fingerprint density at radius 3 is 1.90 bits per heavy atom. The van der Waals surface area contributed by atoms with Gasteiger partial charge in [0.15, 0.2) is 0 Å². The lowest BCUT2D eigenvalue weighted by atomic mass is 10.0. The van der Waals surface area contributed by atoms with Crippen LogP contribution in [0.2, 0.25) is 0 Å². The summed E-state index contributed by atoms with van der Waals surface area (Å²) in [6.07, 6.45) is 2.33. The number of anilines is 3. The fraction of sp³-hybridized carbons (Fsp3) is 0.800. The van der Waals surface area contributed by atoms with Crippen molar-refractivity contribution in [1.82, 2.24) is 15.0 Å². The molecular weight excluding hydrogens is 264 g/mol. The van der Waals surface area contributed by atoms with Gasteiger partial charge in [-0.1, -0.05) is 26.7 Å². The molecule has 0 amide bonds. The molecule has 0 saturated carbocycles. The van der Waals surface area contributed by atoms with Crippen LogP contribution in [-0.2, 0) is 0 Å². The predicted octanol–water partition coefficient (Wildman–Crippen LogP) is 3.00. The first-order chi connectivity index (χ1) is 10.2. The fourth-order valence-electron chi connectivity index (χ4n) is 2.14. The summed E-state index contributed by atoms with van der Waals surface area (Å²) in [5.74, 6) is 2.69. The minimum Gasteiger partial charge on any atom is -0.354 e. The maximum atomic E-state index is 4.55. The number of aromatic nitrogens is 3. The second-order valence-electron chi connectivity index (χ2n) is 5.05. The lowest BCUT2D eigenvalue weighted by Crippen LogP contribution is -2.26. The van der Waals surface area contributed by atoms with Crippen molar-refractivity contribution in [3.05, 3.63) is 0 Å². The van der Waals surface area contributed by atoms with Gasteiger partial charge in [0.25, 0.3) is 0 Å². The third kappa shape index (κ3) is 5.36. The molecule has 0 bridgehead atoms. The Hall–Kier alpha value is -1.59. The summed E-state index contributed by atoms with van der Waals surface area (Å²) in [5, 5.41) is 6.54. The van der Waals surface area contributed by atoms with E-state index in [2.05, 4.69) is 58.2 Å². The molecule has 21 heavy (non-hydrogen) atoms. The van der Waals surface area contributed by atoms with Gasteiger partial charge in [0, 0.05) is 26.2 Å². The lowest BCUT2D eigenvalue weighted by Gasteiger charge is -2.20. The third-order valence-electron chi connectivity index (χ3n) is 3.71. The summed E-state index contributed by atoms with van der Waals surface area (Å²) in [5.41, 5.74) is 0. The second kappa shape index (κ2) is 9.37. The van der Waals surface area contributed by atoms with E-state index in [0.717, 1.165) is 45.0 Å². The van der Waals surface area contributed by atoms with Crippen LogP contribution in [0.15, 0.2) is 0 Å². The molecule has 0 aliphatic heterocycles. The molecule has 120 valence electrons. The zero-order valence-electron chi connectivity index (χ0n) is 14.1. The zero-order valence-corrected chi connectivity index (χ0v) is 14.1. The van der Waals surface area contributed by atoms with Gasteiger partial charge in [-0.15, -0.1) is 0 Å². The van der Waals surface area contributed by atoms with Crippen molar-refractivity contribution < 1.29 is 0 Å². The third-order valence-corrected chi connectivity index (χ3v) is 3.71. The molecule has 0 unspecified atom stereocenters. The fourth-order valence-corrected chi connectivity index (χ4v) is 2.14. The molecule has 0 aromatic carbocycles. The summed E-state index contributed by atoms with van der Waals surface area (Å²) in [6.45, 7) is 14.2. The molecule has 0 fully saturated rings. The molecule has 0 saturated heterocycles. The van der Waals surface area contributed by atoms with E-state index in [1.807, 2.05) is 6.92 Å². The molecule has 0 atom stereocenters. The molecule has 0 aliphatic carbocycles. The highest BCUT2D eigenvalue weighted by molar-refractivity contribution is 5.43. The average Bonchev–Trinajstić information content (AvgIpc) is 2.50. The van der Waals surface area contributed by atoms with Crippen LogP contribution >= 0.6 is 0 Å². The topological polar surface area (TPSA) is 66.0 Å². The predicted molar refractivity (Wildman–Crippen MR) is 90.1 cm³/mol. The van der Waals surface area contributed by atoms with Gasteiger partial charge in [-0.3, -0.25) is 0 Å². The van der Waals surface area contributed by atoms with E-state index in [4.69, 9.17) is 0 Å². The number of rotatable bonds is 10. The van der Waals surface area contributed by atoms with Crippen LogP contribution < -0.4 is 15.5 Å². The lowest BCUT2D eigenvalue weighted by molar-refractivity contribution is 0.517. The van der Waals surface area contributed by atoms with E-state index in [1.54, 1.807) is 0 Å². The maximum Gasteiger partial charge on any atom is 0.231 e. The van der Waals surface area contributed by atoms with Gasteiger partial charge < -0.3 is 15.5 Å². The van der Waals surface area contributed by atoms with Crippen molar-refractivity contribution in [3.8, 4) is 0 Å². The molecule has 1 aromatic rings. The Bertz CT molecular complexity index is 401. The minimum atomic E-state index is 0.640. The van der Waals surface area contributed by atoms with E-state index in [0.29, 0.717) is 17.8 Å². The van der Waals surface area contributed by atoms with Crippen LogP contribution in [0, 0.1) is 5.92 Å². The molecule has 1 aromatic heterocycles. The largest absolute Gasteiger partial charge is 0.354 e. The van der Waals surface area contributed by atoms with Gasteiger partial charge in [0.2, 0.25) is 17.8 Å². The molecule has 0 radical (unpaired) electrons. The first-order valence-electron chi connectivity index (χ1n) is 8.17. The SMILES string of the molecule is CCNc1nc(NCC(CC)CC)nc(N(CC)CC)n1. The Morgan fingerprint density at radius 1 is 0.857 bits per heavy atom. The summed E-state index contributed by atoms with van der Waals surface area (Å²) in [4.78, 5) is 15.6. The van der Waals surface area contributed by atoms with Gasteiger partial charge in [0.05, 0.1) is 0 Å². The number of nitrogens with zero attached hydrogens (tertiary/aromatic N) is 4. The van der Waals surface area contributed by atoms with Gasteiger partial charge in [0.1, 0.15) is 0 Å². The molecule has 1 rings (SSSR count). The first kappa shape index (κ1) is 17.5. The van der Waals surface area contributed by atoms with E-state index in [-0.39, 0.29) is 0 Å². The standard InChI is InChI=1S/C15H30N6/c1-6-12(7-2)11-17-14-18-13(16-8-3)19-15(20-14)21(9-4)10-5/h12H,6-11H2,1-5H3,(H2,16,17,18,19,20). The van der Waals surface area contributed by atoms with Gasteiger partial charge in [-0.25, -0.2) is 0 Å². The van der Waals surface area contributed by atoms with Crippen LogP contribution in [0.5, 0.6) is 0 Å². The number of hydrogen-bond donors (Lipinski definition) is 2. The van der Waals surface area contributed by atoms with E-state index in [1.165, 1.54) is 0 Å². The molecule has 0 spiro atoms. The van der Waals surface area contributed by atoms with E-state index in [9.17, 15) is 0 Å². The molecule has 2 N–H and O–H groups in total. The summed E-state index contributed by atoms with van der Waals surface area (Å²) in [6, 6.07) is 0. The minimum absolute atomic E-state index is 0.640. The summed E-state index contributed by atoms with van der Waals surface area (Å²) in [7, 11) is 0. The van der Waals surface area contributed by atoms with Gasteiger partial charge in [-0.2, -0.15) is 15.0 Å². The van der Waals surface area contributed by atoms with Crippen molar-refractivity contribution in [1.29, 1.82) is 0 Å². The molecule has 1 heterocycles. The molecule has 0 aliphatic rings. The van der Waals surface area contributed by atoms with Crippen LogP contribution in [0.3, 0.4) is 0 Å². The highest BCUT2D eigenvalue weighted by Gasteiger charge is 2.11. The van der Waals surface area contributed by atoms with Crippen LogP contribution in [0.25, 0.3) is 0 Å². The van der Waals surface area contributed by atoms with Crippen molar-refractivity contribution in [2.45, 2.75) is 47.5 Å². The van der Waals surface area contributed by atoms with Crippen LogP contribution in [0.1, 0.15) is 47.5 Å². The number of hydrogen-bond acceptors (Lipinski definition) is 6. The summed E-state index contributed by atoms with van der Waals surface area (Å²) >= 11 is 0. The highest BCUT2D eigenvalue weighted by atomic mass is 15.3. The van der Waals surface area contributed by atoms with Crippen LogP contribution in [-0.4, -0.2) is 41.1 Å². The Labute approximate surface area is 128 Å². The monoisotopic (exact) mass is 294 g/mol. The van der Waals surface area contributed by atoms with Crippen molar-refractivity contribution in [2.24, 2.45) is 5.92 Å². The van der Waals surface area contributed by atoms with Crippen LogP contribution in [0.4, 0.5) is 17.8 Å². The smallest absolute Gasteiger partial charge is 0.231 e. The Morgan fingerprint density at radius 2 is 1.43 bits per heavy atom. The number of nitrogens with one attached hydrogen (secondary N) is 2. The second-order valence-corrected chi connectivity index (χ2v) is 5.05. The Kier molecular flexibility index (Phi) is 7.79. The van der Waals surface area contributed by atoms with Crippen molar-refractivity contribution in [2.75, 3.05) is 41.7 Å².